The molecular weight excluding hydrogens is 416 g/mol. The average molecular weight is 436 g/mol. The number of benzene rings is 1. The van der Waals surface area contributed by atoms with Crippen molar-refractivity contribution in [1.82, 2.24) is 0 Å². The van der Waals surface area contributed by atoms with Crippen LogP contribution in [-0.4, -0.2) is 25.8 Å². The molecule has 0 aromatic heterocycles. The van der Waals surface area contributed by atoms with Crippen LogP contribution in [0.15, 0.2) is 21.1 Å². The number of rotatable bonds is 4. The van der Waals surface area contributed by atoms with Crippen LogP contribution in [0.3, 0.4) is 0 Å². The first kappa shape index (κ1) is 16.6. The first-order valence-electron chi connectivity index (χ1n) is 7.78. The van der Waals surface area contributed by atoms with Crippen LogP contribution >= 0.6 is 31.9 Å². The standard InChI is InChI=1S/C16H20Br2O4/c17-11-10-14(22-16-6-2-4-8-20-16)12(18)9-13(11)21-15-5-1-3-7-19-15/h9-10,15-16H,1-8H2. The van der Waals surface area contributed by atoms with Gasteiger partial charge in [0.05, 0.1) is 22.2 Å². The summed E-state index contributed by atoms with van der Waals surface area (Å²) in [5.41, 5.74) is 0. The highest BCUT2D eigenvalue weighted by atomic mass is 79.9. The molecule has 1 aromatic rings. The number of hydrogen-bond acceptors (Lipinski definition) is 4. The van der Waals surface area contributed by atoms with Gasteiger partial charge in [0.25, 0.3) is 0 Å². The molecule has 6 heteroatoms. The molecule has 0 bridgehead atoms. The van der Waals surface area contributed by atoms with Crippen LogP contribution in [0, 0.1) is 0 Å². The van der Waals surface area contributed by atoms with E-state index in [0.717, 1.165) is 72.2 Å². The molecule has 0 amide bonds. The zero-order chi connectivity index (χ0) is 15.4. The number of halogens is 2. The topological polar surface area (TPSA) is 36.9 Å². The smallest absolute Gasteiger partial charge is 0.199 e. The van der Waals surface area contributed by atoms with E-state index in [4.69, 9.17) is 18.9 Å². The van der Waals surface area contributed by atoms with Crippen LogP contribution in [-0.2, 0) is 9.47 Å². The Labute approximate surface area is 147 Å². The quantitative estimate of drug-likeness (QED) is 0.665. The summed E-state index contributed by atoms with van der Waals surface area (Å²) in [4.78, 5) is 0. The molecule has 3 rings (SSSR count). The molecule has 0 aliphatic carbocycles. The van der Waals surface area contributed by atoms with Crippen molar-refractivity contribution in [3.63, 3.8) is 0 Å². The molecule has 2 aliphatic rings. The van der Waals surface area contributed by atoms with E-state index in [1.807, 2.05) is 12.1 Å². The molecule has 2 saturated heterocycles. The van der Waals surface area contributed by atoms with Crippen LogP contribution in [0.4, 0.5) is 0 Å². The van der Waals surface area contributed by atoms with Gasteiger partial charge < -0.3 is 18.9 Å². The van der Waals surface area contributed by atoms with Crippen molar-refractivity contribution in [3.05, 3.63) is 21.1 Å². The predicted molar refractivity (Wildman–Crippen MR) is 90.3 cm³/mol. The van der Waals surface area contributed by atoms with Crippen LogP contribution in [0.1, 0.15) is 38.5 Å². The Hall–Kier alpha value is -0.300. The Morgan fingerprint density at radius 1 is 0.773 bits per heavy atom. The minimum atomic E-state index is -0.162. The van der Waals surface area contributed by atoms with Crippen LogP contribution < -0.4 is 9.47 Å². The lowest BCUT2D eigenvalue weighted by atomic mass is 10.2. The molecule has 1 aromatic carbocycles. The fourth-order valence-corrected chi connectivity index (χ4v) is 3.41. The Kier molecular flexibility index (Phi) is 6.02. The van der Waals surface area contributed by atoms with Gasteiger partial charge in [-0.05, 0) is 69.7 Å². The first-order valence-corrected chi connectivity index (χ1v) is 9.36. The summed E-state index contributed by atoms with van der Waals surface area (Å²) >= 11 is 7.10. The molecule has 122 valence electrons. The van der Waals surface area contributed by atoms with Gasteiger partial charge in [-0.25, -0.2) is 0 Å². The van der Waals surface area contributed by atoms with Gasteiger partial charge in [-0.1, -0.05) is 0 Å². The second kappa shape index (κ2) is 7.99. The predicted octanol–water partition coefficient (Wildman–Crippen LogP) is 5.02. The molecule has 0 saturated carbocycles. The van der Waals surface area contributed by atoms with E-state index >= 15 is 0 Å². The van der Waals surface area contributed by atoms with Crippen molar-refractivity contribution < 1.29 is 18.9 Å². The van der Waals surface area contributed by atoms with Gasteiger partial charge >= 0.3 is 0 Å². The van der Waals surface area contributed by atoms with Crippen LogP contribution in [0.2, 0.25) is 0 Å². The van der Waals surface area contributed by atoms with Gasteiger partial charge in [0.1, 0.15) is 11.5 Å². The summed E-state index contributed by atoms with van der Waals surface area (Å²) < 4.78 is 24.8. The van der Waals surface area contributed by atoms with E-state index in [-0.39, 0.29) is 12.6 Å². The minimum absolute atomic E-state index is 0.162. The van der Waals surface area contributed by atoms with Gasteiger partial charge in [0, 0.05) is 12.8 Å². The lowest BCUT2D eigenvalue weighted by molar-refractivity contribution is -0.108. The van der Waals surface area contributed by atoms with Gasteiger partial charge in [-0.3, -0.25) is 0 Å². The molecule has 0 radical (unpaired) electrons. The fraction of sp³-hybridized carbons (Fsp3) is 0.625. The summed E-state index contributed by atoms with van der Waals surface area (Å²) in [6.45, 7) is 1.54. The summed E-state index contributed by atoms with van der Waals surface area (Å²) in [6, 6.07) is 3.83. The molecular formula is C16H20Br2O4. The molecule has 0 N–H and O–H groups in total. The van der Waals surface area contributed by atoms with Gasteiger partial charge in [-0.15, -0.1) is 0 Å². The third-order valence-corrected chi connectivity index (χ3v) is 5.02. The molecule has 2 fully saturated rings. The van der Waals surface area contributed by atoms with Gasteiger partial charge in [0.15, 0.2) is 12.6 Å². The molecule has 4 nitrogen and oxygen atoms in total. The molecule has 2 aliphatic heterocycles. The van der Waals surface area contributed by atoms with Crippen molar-refractivity contribution >= 4 is 31.9 Å². The lowest BCUT2D eigenvalue weighted by Gasteiger charge is -2.26. The van der Waals surface area contributed by atoms with Crippen LogP contribution in [0.25, 0.3) is 0 Å². The Balaban J connectivity index is 1.67. The van der Waals surface area contributed by atoms with Crippen molar-refractivity contribution in [2.75, 3.05) is 13.2 Å². The van der Waals surface area contributed by atoms with Crippen molar-refractivity contribution in [2.45, 2.75) is 51.1 Å². The van der Waals surface area contributed by atoms with Crippen LogP contribution in [0.5, 0.6) is 11.5 Å². The Morgan fingerprint density at radius 2 is 1.23 bits per heavy atom. The fourth-order valence-electron chi connectivity index (χ4n) is 2.58. The SMILES string of the molecule is Brc1cc(OC2CCCCO2)c(Br)cc1OC1CCCCO1. The van der Waals surface area contributed by atoms with E-state index in [9.17, 15) is 0 Å². The average Bonchev–Trinajstić information content (AvgIpc) is 2.54. The van der Waals surface area contributed by atoms with Crippen molar-refractivity contribution in [1.29, 1.82) is 0 Å². The maximum atomic E-state index is 5.93. The third-order valence-electron chi connectivity index (χ3n) is 3.78. The van der Waals surface area contributed by atoms with Gasteiger partial charge in [0.2, 0.25) is 0 Å². The minimum Gasteiger partial charge on any atom is -0.464 e. The maximum Gasteiger partial charge on any atom is 0.199 e. The molecule has 2 atom stereocenters. The van der Waals surface area contributed by atoms with Gasteiger partial charge in [-0.2, -0.15) is 0 Å². The monoisotopic (exact) mass is 434 g/mol. The summed E-state index contributed by atoms with van der Waals surface area (Å²) in [7, 11) is 0. The van der Waals surface area contributed by atoms with E-state index in [0.29, 0.717) is 0 Å². The van der Waals surface area contributed by atoms with E-state index in [1.165, 1.54) is 0 Å². The largest absolute Gasteiger partial charge is 0.464 e. The summed E-state index contributed by atoms with van der Waals surface area (Å²) in [5, 5.41) is 0. The number of ether oxygens (including phenoxy) is 4. The normalized spacial score (nSPS) is 25.7. The molecule has 22 heavy (non-hydrogen) atoms. The first-order chi connectivity index (χ1) is 10.7. The van der Waals surface area contributed by atoms with E-state index in [1.54, 1.807) is 0 Å². The highest BCUT2D eigenvalue weighted by molar-refractivity contribution is 9.11. The third kappa shape index (κ3) is 4.37. The van der Waals surface area contributed by atoms with Crippen molar-refractivity contribution in [3.8, 4) is 11.5 Å². The Morgan fingerprint density at radius 3 is 1.59 bits per heavy atom. The highest BCUT2D eigenvalue weighted by Gasteiger charge is 2.20. The molecule has 2 heterocycles. The Bertz CT molecular complexity index is 451. The molecule has 2 unspecified atom stereocenters. The van der Waals surface area contributed by atoms with E-state index < -0.39 is 0 Å². The second-order valence-corrected chi connectivity index (χ2v) is 7.25. The summed E-state index contributed by atoms with van der Waals surface area (Å²) in [5.74, 6) is 1.52. The highest BCUT2D eigenvalue weighted by Crippen LogP contribution is 2.38. The zero-order valence-corrected chi connectivity index (χ0v) is 15.5. The number of hydrogen-bond donors (Lipinski definition) is 0. The summed E-state index contributed by atoms with van der Waals surface area (Å²) in [6.07, 6.45) is 6.04. The molecule has 0 spiro atoms. The second-order valence-electron chi connectivity index (χ2n) is 5.54. The van der Waals surface area contributed by atoms with Crippen molar-refractivity contribution in [2.24, 2.45) is 0 Å². The zero-order valence-electron chi connectivity index (χ0n) is 12.4. The maximum absolute atomic E-state index is 5.93. The lowest BCUT2D eigenvalue weighted by Crippen LogP contribution is -2.26. The van der Waals surface area contributed by atoms with E-state index in [2.05, 4.69) is 31.9 Å².